The topological polar surface area (TPSA) is 47.7 Å². The maximum atomic E-state index is 12.3. The van der Waals surface area contributed by atoms with Crippen LogP contribution in [0, 0.1) is 5.92 Å². The van der Waals surface area contributed by atoms with Crippen molar-refractivity contribution >= 4 is 0 Å². The van der Waals surface area contributed by atoms with Crippen LogP contribution in [0.5, 0.6) is 11.5 Å². The van der Waals surface area contributed by atoms with Crippen LogP contribution >= 0.6 is 0 Å². The van der Waals surface area contributed by atoms with Crippen LogP contribution in [0.2, 0.25) is 0 Å². The van der Waals surface area contributed by atoms with E-state index in [9.17, 15) is 8.78 Å². The molecule has 1 saturated heterocycles. The Balaban J connectivity index is 2.01. The van der Waals surface area contributed by atoms with Crippen molar-refractivity contribution in [3.8, 4) is 11.5 Å². The van der Waals surface area contributed by atoms with Gasteiger partial charge >= 0.3 is 6.61 Å². The van der Waals surface area contributed by atoms with Crippen molar-refractivity contribution in [1.82, 2.24) is 4.90 Å². The van der Waals surface area contributed by atoms with Crippen molar-refractivity contribution < 1.29 is 18.3 Å². The highest BCUT2D eigenvalue weighted by molar-refractivity contribution is 5.43. The molecule has 0 aliphatic carbocycles. The molecule has 1 heterocycles. The average Bonchev–Trinajstić information content (AvgIpc) is 2.88. The summed E-state index contributed by atoms with van der Waals surface area (Å²) in [5.74, 6) is 0.912. The third-order valence-corrected chi connectivity index (χ3v) is 3.90. The van der Waals surface area contributed by atoms with Crippen molar-refractivity contribution in [2.75, 3.05) is 20.2 Å². The quantitative estimate of drug-likeness (QED) is 0.877. The van der Waals surface area contributed by atoms with Gasteiger partial charge in [-0.25, -0.2) is 0 Å². The number of hydrogen-bond donors (Lipinski definition) is 1. The fraction of sp³-hybridized carbons (Fsp3) is 0.600. The highest BCUT2D eigenvalue weighted by Gasteiger charge is 2.25. The van der Waals surface area contributed by atoms with Crippen molar-refractivity contribution in [3.63, 3.8) is 0 Å². The van der Waals surface area contributed by atoms with Crippen LogP contribution in [0.15, 0.2) is 18.2 Å². The first-order chi connectivity index (χ1) is 9.99. The summed E-state index contributed by atoms with van der Waals surface area (Å²) in [5, 5.41) is 0. The Morgan fingerprint density at radius 3 is 2.71 bits per heavy atom. The van der Waals surface area contributed by atoms with Crippen LogP contribution in [-0.2, 0) is 6.54 Å². The van der Waals surface area contributed by atoms with E-state index in [1.807, 2.05) is 6.92 Å². The molecule has 4 nitrogen and oxygen atoms in total. The number of benzene rings is 1. The Kier molecular flexibility index (Phi) is 5.36. The van der Waals surface area contributed by atoms with Crippen LogP contribution in [0.3, 0.4) is 0 Å². The van der Waals surface area contributed by atoms with Crippen molar-refractivity contribution in [1.29, 1.82) is 0 Å². The maximum Gasteiger partial charge on any atom is 0.387 e. The monoisotopic (exact) mass is 300 g/mol. The highest BCUT2D eigenvalue weighted by Crippen LogP contribution is 2.30. The Bertz CT molecular complexity index is 469. The van der Waals surface area contributed by atoms with Gasteiger partial charge in [0.25, 0.3) is 0 Å². The van der Waals surface area contributed by atoms with Gasteiger partial charge in [-0.3, -0.25) is 4.90 Å². The molecule has 2 rings (SSSR count). The molecular weight excluding hydrogens is 278 g/mol. The first-order valence-electron chi connectivity index (χ1n) is 7.09. The summed E-state index contributed by atoms with van der Waals surface area (Å²) in [4.78, 5) is 2.32. The van der Waals surface area contributed by atoms with Gasteiger partial charge in [0, 0.05) is 19.1 Å². The number of ether oxygens (including phenoxy) is 2. The Labute approximate surface area is 123 Å². The van der Waals surface area contributed by atoms with Gasteiger partial charge in [0.15, 0.2) is 11.5 Å². The first kappa shape index (κ1) is 16.0. The van der Waals surface area contributed by atoms with Gasteiger partial charge in [-0.05, 0) is 43.5 Å². The first-order valence-corrected chi connectivity index (χ1v) is 7.09. The zero-order valence-corrected chi connectivity index (χ0v) is 12.4. The zero-order valence-electron chi connectivity index (χ0n) is 12.4. The summed E-state index contributed by atoms with van der Waals surface area (Å²) in [6.07, 6.45) is 1.10. The molecule has 1 aromatic carbocycles. The maximum absolute atomic E-state index is 12.3. The second-order valence-corrected chi connectivity index (χ2v) is 5.51. The lowest BCUT2D eigenvalue weighted by atomic mass is 10.0. The molecule has 1 aliphatic rings. The summed E-state index contributed by atoms with van der Waals surface area (Å²) in [6.45, 7) is 1.91. The van der Waals surface area contributed by atoms with E-state index in [2.05, 4.69) is 9.64 Å². The Morgan fingerprint density at radius 2 is 2.14 bits per heavy atom. The smallest absolute Gasteiger partial charge is 0.387 e. The third kappa shape index (κ3) is 4.28. The lowest BCUT2D eigenvalue weighted by Crippen LogP contribution is -2.29. The number of rotatable bonds is 6. The molecule has 0 saturated carbocycles. The summed E-state index contributed by atoms with van der Waals surface area (Å²) >= 11 is 0. The van der Waals surface area contributed by atoms with E-state index in [1.165, 1.54) is 13.2 Å². The standard InChI is InChI=1S/C15H22F2N2O2/c1-10(18)12-5-6-19(9-12)8-11-3-4-13(21-15(16)17)14(7-11)20-2/h3-4,7,10,12,15H,5-6,8-9,18H2,1-2H3. The van der Waals surface area contributed by atoms with Crippen LogP contribution in [0.1, 0.15) is 18.9 Å². The second-order valence-electron chi connectivity index (χ2n) is 5.51. The largest absolute Gasteiger partial charge is 0.493 e. The molecular formula is C15H22F2N2O2. The highest BCUT2D eigenvalue weighted by atomic mass is 19.3. The number of alkyl halides is 2. The molecule has 21 heavy (non-hydrogen) atoms. The predicted octanol–water partition coefficient (Wildman–Crippen LogP) is 2.47. The average molecular weight is 300 g/mol. The van der Waals surface area contributed by atoms with Crippen molar-refractivity contribution in [2.45, 2.75) is 32.5 Å². The number of halogens is 2. The Hall–Kier alpha value is -1.40. The molecule has 2 unspecified atom stereocenters. The summed E-state index contributed by atoms with van der Waals surface area (Å²) in [5.41, 5.74) is 6.94. The molecule has 1 aliphatic heterocycles. The van der Waals surface area contributed by atoms with Gasteiger partial charge in [0.2, 0.25) is 0 Å². The second kappa shape index (κ2) is 7.04. The molecule has 1 fully saturated rings. The fourth-order valence-corrected chi connectivity index (χ4v) is 2.70. The van der Waals surface area contributed by atoms with E-state index in [0.717, 1.165) is 31.6 Å². The molecule has 2 N–H and O–H groups in total. The van der Waals surface area contributed by atoms with Crippen molar-refractivity contribution in [2.24, 2.45) is 11.7 Å². The zero-order chi connectivity index (χ0) is 15.4. The van der Waals surface area contributed by atoms with E-state index in [4.69, 9.17) is 10.5 Å². The van der Waals surface area contributed by atoms with Gasteiger partial charge in [-0.1, -0.05) is 6.07 Å². The van der Waals surface area contributed by atoms with Crippen LogP contribution in [0.25, 0.3) is 0 Å². The third-order valence-electron chi connectivity index (χ3n) is 3.90. The van der Waals surface area contributed by atoms with E-state index >= 15 is 0 Å². The molecule has 0 spiro atoms. The molecule has 6 heteroatoms. The summed E-state index contributed by atoms with van der Waals surface area (Å²) < 4.78 is 34.1. The van der Waals surface area contributed by atoms with Gasteiger partial charge in [0.1, 0.15) is 0 Å². The minimum Gasteiger partial charge on any atom is -0.493 e. The Morgan fingerprint density at radius 1 is 1.38 bits per heavy atom. The molecule has 2 atom stereocenters. The van der Waals surface area contributed by atoms with Crippen LogP contribution < -0.4 is 15.2 Å². The lowest BCUT2D eigenvalue weighted by molar-refractivity contribution is -0.0512. The number of methoxy groups -OCH3 is 1. The number of nitrogens with zero attached hydrogens (tertiary/aromatic N) is 1. The fourth-order valence-electron chi connectivity index (χ4n) is 2.70. The molecule has 0 radical (unpaired) electrons. The van der Waals surface area contributed by atoms with E-state index < -0.39 is 6.61 Å². The van der Waals surface area contributed by atoms with Gasteiger partial charge in [-0.2, -0.15) is 8.78 Å². The van der Waals surface area contributed by atoms with E-state index in [1.54, 1.807) is 12.1 Å². The number of nitrogens with two attached hydrogens (primary N) is 1. The molecule has 0 aromatic heterocycles. The lowest BCUT2D eigenvalue weighted by Gasteiger charge is -2.18. The summed E-state index contributed by atoms with van der Waals surface area (Å²) in [6, 6.07) is 5.27. The minimum atomic E-state index is -2.85. The number of hydrogen-bond acceptors (Lipinski definition) is 4. The predicted molar refractivity (Wildman–Crippen MR) is 76.7 cm³/mol. The van der Waals surface area contributed by atoms with Crippen LogP contribution in [-0.4, -0.2) is 37.8 Å². The normalized spacial score (nSPS) is 20.8. The SMILES string of the molecule is COc1cc(CN2CCC(C(C)N)C2)ccc1OC(F)F. The molecule has 1 aromatic rings. The van der Waals surface area contributed by atoms with Crippen molar-refractivity contribution in [3.05, 3.63) is 23.8 Å². The van der Waals surface area contributed by atoms with E-state index in [0.29, 0.717) is 11.7 Å². The van der Waals surface area contributed by atoms with Gasteiger partial charge < -0.3 is 15.2 Å². The van der Waals surface area contributed by atoms with Gasteiger partial charge in [0.05, 0.1) is 7.11 Å². The van der Waals surface area contributed by atoms with Gasteiger partial charge in [-0.15, -0.1) is 0 Å². The summed E-state index contributed by atoms with van der Waals surface area (Å²) in [7, 11) is 1.44. The number of likely N-dealkylation sites (tertiary alicyclic amines) is 1. The molecule has 118 valence electrons. The molecule has 0 amide bonds. The molecule has 0 bridgehead atoms. The minimum absolute atomic E-state index is 0.0612. The van der Waals surface area contributed by atoms with Crippen LogP contribution in [0.4, 0.5) is 8.78 Å². The van der Waals surface area contributed by atoms with E-state index in [-0.39, 0.29) is 11.8 Å².